The summed E-state index contributed by atoms with van der Waals surface area (Å²) in [7, 11) is 1.54. The van der Waals surface area contributed by atoms with Crippen LogP contribution in [-0.4, -0.2) is 40.5 Å². The molecular formula is C18H20N4O5. The number of nitrogens with zero attached hydrogens (tertiary/aromatic N) is 3. The normalized spacial score (nSPS) is 11.5. The van der Waals surface area contributed by atoms with Crippen LogP contribution in [0.4, 0.5) is 17.2 Å². The number of carbonyl (C=O) groups excluding carboxylic acids is 1. The first-order valence-corrected chi connectivity index (χ1v) is 8.30. The molecule has 9 nitrogen and oxygen atoms in total. The molecule has 0 spiro atoms. The van der Waals surface area contributed by atoms with E-state index in [2.05, 4.69) is 10.3 Å². The van der Waals surface area contributed by atoms with Gasteiger partial charge in [0.25, 0.3) is 11.6 Å². The van der Waals surface area contributed by atoms with E-state index < -0.39 is 22.7 Å². The second kappa shape index (κ2) is 8.75. The van der Waals surface area contributed by atoms with Crippen LogP contribution >= 0.6 is 0 Å². The number of nitro groups is 1. The van der Waals surface area contributed by atoms with Crippen LogP contribution in [0.25, 0.3) is 0 Å². The highest BCUT2D eigenvalue weighted by Crippen LogP contribution is 2.27. The fourth-order valence-corrected chi connectivity index (χ4v) is 2.58. The molecule has 9 heteroatoms. The summed E-state index contributed by atoms with van der Waals surface area (Å²) in [6.45, 7) is 1.62. The SMILES string of the molecule is CCC(CN(C(=O)c1ccc(NC)c([N+](=O)[O-])c1)c1ccccn1)C(=O)O. The lowest BCUT2D eigenvalue weighted by atomic mass is 10.1. The molecule has 1 aromatic carbocycles. The Morgan fingerprint density at radius 3 is 2.59 bits per heavy atom. The number of carbonyl (C=O) groups is 2. The van der Waals surface area contributed by atoms with Crippen LogP contribution in [0.5, 0.6) is 0 Å². The van der Waals surface area contributed by atoms with E-state index in [1.807, 2.05) is 0 Å². The summed E-state index contributed by atoms with van der Waals surface area (Å²) >= 11 is 0. The van der Waals surface area contributed by atoms with E-state index in [4.69, 9.17) is 0 Å². The van der Waals surface area contributed by atoms with Gasteiger partial charge in [-0.05, 0) is 30.7 Å². The van der Waals surface area contributed by atoms with Crippen molar-refractivity contribution in [1.29, 1.82) is 0 Å². The molecule has 2 N–H and O–H groups in total. The zero-order chi connectivity index (χ0) is 20.0. The van der Waals surface area contributed by atoms with E-state index in [0.29, 0.717) is 6.42 Å². The lowest BCUT2D eigenvalue weighted by Crippen LogP contribution is -2.38. The molecule has 1 amide bonds. The zero-order valence-corrected chi connectivity index (χ0v) is 15.0. The van der Waals surface area contributed by atoms with Crippen molar-refractivity contribution in [2.45, 2.75) is 13.3 Å². The van der Waals surface area contributed by atoms with Crippen molar-refractivity contribution >= 4 is 29.1 Å². The third-order valence-electron chi connectivity index (χ3n) is 4.13. The van der Waals surface area contributed by atoms with Crippen LogP contribution in [0.2, 0.25) is 0 Å². The fraction of sp³-hybridized carbons (Fsp3) is 0.278. The quantitative estimate of drug-likeness (QED) is 0.539. The second-order valence-electron chi connectivity index (χ2n) is 5.79. The third kappa shape index (κ3) is 4.57. The molecule has 0 aliphatic carbocycles. The number of carboxylic acid groups (broad SMARTS) is 1. The number of carboxylic acids is 1. The Balaban J connectivity index is 2.46. The Hall–Kier alpha value is -3.49. The van der Waals surface area contributed by atoms with Gasteiger partial charge in [-0.15, -0.1) is 0 Å². The van der Waals surface area contributed by atoms with Gasteiger partial charge in [0, 0.05) is 31.4 Å². The number of aromatic nitrogens is 1. The van der Waals surface area contributed by atoms with Crippen LogP contribution in [0.15, 0.2) is 42.6 Å². The number of anilines is 2. The topological polar surface area (TPSA) is 126 Å². The van der Waals surface area contributed by atoms with Crippen LogP contribution in [0, 0.1) is 16.0 Å². The number of benzene rings is 1. The molecule has 27 heavy (non-hydrogen) atoms. The van der Waals surface area contributed by atoms with Gasteiger partial charge in [-0.3, -0.25) is 24.6 Å². The molecule has 1 aromatic heterocycles. The molecular weight excluding hydrogens is 352 g/mol. The number of hydrogen-bond acceptors (Lipinski definition) is 6. The van der Waals surface area contributed by atoms with Gasteiger partial charge in [0.2, 0.25) is 0 Å². The molecule has 2 aromatic rings. The van der Waals surface area contributed by atoms with Gasteiger partial charge in [-0.1, -0.05) is 13.0 Å². The predicted octanol–water partition coefficient (Wildman–Crippen LogP) is 2.79. The van der Waals surface area contributed by atoms with E-state index in [0.717, 1.165) is 0 Å². The zero-order valence-electron chi connectivity index (χ0n) is 15.0. The van der Waals surface area contributed by atoms with Gasteiger partial charge in [0.1, 0.15) is 11.5 Å². The molecule has 0 fully saturated rings. The maximum Gasteiger partial charge on any atom is 0.308 e. The highest BCUT2D eigenvalue weighted by molar-refractivity contribution is 6.06. The number of hydrogen-bond donors (Lipinski definition) is 2. The van der Waals surface area contributed by atoms with Crippen molar-refractivity contribution in [2.75, 3.05) is 23.8 Å². The van der Waals surface area contributed by atoms with Crippen molar-refractivity contribution in [3.8, 4) is 0 Å². The van der Waals surface area contributed by atoms with Crippen LogP contribution < -0.4 is 10.2 Å². The summed E-state index contributed by atoms with van der Waals surface area (Å²) in [5.74, 6) is -2.09. The standard InChI is InChI=1S/C18H20N4O5/c1-3-12(18(24)25)11-21(16-6-4-5-9-20-16)17(23)13-7-8-14(19-2)15(10-13)22(26)27/h4-10,12,19H,3,11H2,1-2H3,(H,24,25). The molecule has 0 saturated heterocycles. The minimum Gasteiger partial charge on any atom is -0.481 e. The van der Waals surface area contributed by atoms with Crippen LogP contribution in [0.3, 0.4) is 0 Å². The Kier molecular flexibility index (Phi) is 6.42. The van der Waals surface area contributed by atoms with Crippen molar-refractivity contribution < 1.29 is 19.6 Å². The van der Waals surface area contributed by atoms with Crippen molar-refractivity contribution in [2.24, 2.45) is 5.92 Å². The highest BCUT2D eigenvalue weighted by Gasteiger charge is 2.27. The summed E-state index contributed by atoms with van der Waals surface area (Å²) < 4.78 is 0. The number of rotatable bonds is 8. The van der Waals surface area contributed by atoms with Crippen LogP contribution in [0.1, 0.15) is 23.7 Å². The summed E-state index contributed by atoms with van der Waals surface area (Å²) in [5.41, 5.74) is 0.110. The molecule has 1 heterocycles. The molecule has 1 atom stereocenters. The minimum atomic E-state index is -1.03. The van der Waals surface area contributed by atoms with Gasteiger partial charge in [-0.25, -0.2) is 4.98 Å². The fourth-order valence-electron chi connectivity index (χ4n) is 2.58. The molecule has 1 unspecified atom stereocenters. The number of aliphatic carboxylic acids is 1. The Labute approximate surface area is 155 Å². The summed E-state index contributed by atoms with van der Waals surface area (Å²) in [5, 5.41) is 23.3. The minimum absolute atomic E-state index is 0.0756. The Morgan fingerprint density at radius 2 is 2.07 bits per heavy atom. The molecule has 0 aliphatic rings. The maximum atomic E-state index is 13.0. The van der Waals surface area contributed by atoms with Gasteiger partial charge in [0.15, 0.2) is 0 Å². The number of nitro benzene ring substituents is 1. The molecule has 0 radical (unpaired) electrons. The van der Waals surface area contributed by atoms with Crippen molar-refractivity contribution in [3.63, 3.8) is 0 Å². The second-order valence-corrected chi connectivity index (χ2v) is 5.79. The third-order valence-corrected chi connectivity index (χ3v) is 4.13. The first-order valence-electron chi connectivity index (χ1n) is 8.30. The first kappa shape index (κ1) is 19.8. The highest BCUT2D eigenvalue weighted by atomic mass is 16.6. The van der Waals surface area contributed by atoms with Gasteiger partial charge >= 0.3 is 5.97 Å². The molecule has 0 bridgehead atoms. The first-order chi connectivity index (χ1) is 12.9. The lowest BCUT2D eigenvalue weighted by Gasteiger charge is -2.24. The average molecular weight is 372 g/mol. The molecule has 0 aliphatic heterocycles. The lowest BCUT2D eigenvalue weighted by molar-refractivity contribution is -0.384. The van der Waals surface area contributed by atoms with Gasteiger partial charge < -0.3 is 10.4 Å². The van der Waals surface area contributed by atoms with Crippen LogP contribution in [-0.2, 0) is 4.79 Å². The van der Waals surface area contributed by atoms with E-state index >= 15 is 0 Å². The average Bonchev–Trinajstić information content (AvgIpc) is 2.68. The monoisotopic (exact) mass is 372 g/mol. The van der Waals surface area contributed by atoms with E-state index in [1.54, 1.807) is 32.2 Å². The number of pyridine rings is 1. The number of nitrogens with one attached hydrogen (secondary N) is 1. The summed E-state index contributed by atoms with van der Waals surface area (Å²) in [6.07, 6.45) is 1.81. The Morgan fingerprint density at radius 1 is 1.33 bits per heavy atom. The number of amides is 1. The summed E-state index contributed by atoms with van der Waals surface area (Å²) in [6, 6.07) is 9.01. The Bertz CT molecular complexity index is 841. The van der Waals surface area contributed by atoms with E-state index in [9.17, 15) is 24.8 Å². The van der Waals surface area contributed by atoms with Gasteiger partial charge in [-0.2, -0.15) is 0 Å². The molecule has 2 rings (SSSR count). The maximum absolute atomic E-state index is 13.0. The summed E-state index contributed by atoms with van der Waals surface area (Å²) in [4.78, 5) is 40.5. The molecule has 0 saturated carbocycles. The van der Waals surface area contributed by atoms with Crippen molar-refractivity contribution in [1.82, 2.24) is 4.98 Å². The predicted molar refractivity (Wildman–Crippen MR) is 100.0 cm³/mol. The molecule has 142 valence electrons. The van der Waals surface area contributed by atoms with Crippen molar-refractivity contribution in [3.05, 3.63) is 58.3 Å². The van der Waals surface area contributed by atoms with Gasteiger partial charge in [0.05, 0.1) is 10.8 Å². The van der Waals surface area contributed by atoms with E-state index in [-0.39, 0.29) is 29.3 Å². The smallest absolute Gasteiger partial charge is 0.308 e. The largest absolute Gasteiger partial charge is 0.481 e. The van der Waals surface area contributed by atoms with E-state index in [1.165, 1.54) is 29.3 Å².